The van der Waals surface area contributed by atoms with E-state index in [1.165, 1.54) is 43.5 Å². The van der Waals surface area contributed by atoms with Crippen molar-refractivity contribution < 1.29 is 5.32 Å². The molecule has 0 saturated heterocycles. The second-order valence-electron chi connectivity index (χ2n) is 4.58. The molecule has 1 aromatic carbocycles. The third-order valence-electron chi connectivity index (χ3n) is 2.85. The van der Waals surface area contributed by atoms with Crippen molar-refractivity contribution in [2.75, 3.05) is 13.1 Å². The van der Waals surface area contributed by atoms with Gasteiger partial charge in [0, 0.05) is 0 Å². The normalized spacial score (nSPS) is 10.2. The van der Waals surface area contributed by atoms with Crippen LogP contribution in [0.1, 0.15) is 39.5 Å². The van der Waals surface area contributed by atoms with Crippen molar-refractivity contribution in [3.63, 3.8) is 0 Å². The lowest BCUT2D eigenvalue weighted by Crippen LogP contribution is -2.84. The maximum absolute atomic E-state index is 4.98. The van der Waals surface area contributed by atoms with Crippen LogP contribution in [0, 0.1) is 3.95 Å². The molecule has 0 amide bonds. The number of rotatable bonds is 6. The van der Waals surface area contributed by atoms with Gasteiger partial charge in [-0.15, -0.1) is 11.3 Å². The Kier molecular flexibility index (Phi) is 8.71. The summed E-state index contributed by atoms with van der Waals surface area (Å²) in [6.45, 7) is 7.15. The molecular formula is C15H25N2S2+. The Morgan fingerprint density at radius 1 is 1.11 bits per heavy atom. The van der Waals surface area contributed by atoms with Crippen molar-refractivity contribution in [1.82, 2.24) is 4.98 Å². The van der Waals surface area contributed by atoms with Crippen molar-refractivity contribution in [2.45, 2.75) is 39.5 Å². The summed E-state index contributed by atoms with van der Waals surface area (Å²) in [5.74, 6) is 0. The Bertz CT molecular complexity index is 460. The molecule has 0 aliphatic carbocycles. The lowest BCUT2D eigenvalue weighted by Gasteiger charge is -1.96. The van der Waals surface area contributed by atoms with Crippen LogP contribution in [0.3, 0.4) is 0 Å². The molecule has 0 spiro atoms. The quantitative estimate of drug-likeness (QED) is 0.610. The number of benzene rings is 1. The van der Waals surface area contributed by atoms with Crippen molar-refractivity contribution >= 4 is 33.8 Å². The first-order chi connectivity index (χ1) is 9.27. The first-order valence-electron chi connectivity index (χ1n) is 7.17. The highest BCUT2D eigenvalue weighted by molar-refractivity contribution is 7.73. The van der Waals surface area contributed by atoms with Crippen LogP contribution in [0.25, 0.3) is 10.2 Å². The molecule has 19 heavy (non-hydrogen) atoms. The van der Waals surface area contributed by atoms with Crippen LogP contribution >= 0.6 is 23.6 Å². The van der Waals surface area contributed by atoms with E-state index in [9.17, 15) is 0 Å². The number of hydrogen-bond acceptors (Lipinski definition) is 2. The molecule has 0 fully saturated rings. The number of nitrogens with two attached hydrogens (primary N) is 1. The van der Waals surface area contributed by atoms with Gasteiger partial charge in [0.1, 0.15) is 0 Å². The predicted octanol–water partition coefficient (Wildman–Crippen LogP) is 4.11. The average Bonchev–Trinajstić information content (AvgIpc) is 2.79. The van der Waals surface area contributed by atoms with Crippen molar-refractivity contribution in [1.29, 1.82) is 0 Å². The number of aromatic amines is 1. The Balaban J connectivity index is 0.000000192. The third-order valence-corrected chi connectivity index (χ3v) is 4.07. The van der Waals surface area contributed by atoms with Crippen LogP contribution in [0.15, 0.2) is 24.3 Å². The second-order valence-corrected chi connectivity index (χ2v) is 6.30. The summed E-state index contributed by atoms with van der Waals surface area (Å²) in [7, 11) is 0. The van der Waals surface area contributed by atoms with Gasteiger partial charge in [0.05, 0.1) is 23.3 Å². The second kappa shape index (κ2) is 10.1. The molecule has 1 aromatic heterocycles. The van der Waals surface area contributed by atoms with E-state index >= 15 is 0 Å². The maximum atomic E-state index is 4.98. The number of H-pyrrole nitrogens is 1. The largest absolute Gasteiger partial charge is 0.346 e. The third kappa shape index (κ3) is 6.85. The average molecular weight is 298 g/mol. The summed E-state index contributed by atoms with van der Waals surface area (Å²) < 4.78 is 2.08. The van der Waals surface area contributed by atoms with Gasteiger partial charge in [-0.2, -0.15) is 0 Å². The molecule has 0 saturated carbocycles. The van der Waals surface area contributed by atoms with Crippen LogP contribution in [-0.4, -0.2) is 18.1 Å². The highest BCUT2D eigenvalue weighted by Crippen LogP contribution is 2.17. The molecule has 0 atom stereocenters. The van der Waals surface area contributed by atoms with Crippen molar-refractivity contribution in [3.05, 3.63) is 28.2 Å². The monoisotopic (exact) mass is 297 g/mol. The summed E-state index contributed by atoms with van der Waals surface area (Å²) in [5, 5.41) is 2.42. The van der Waals surface area contributed by atoms with E-state index in [1.807, 2.05) is 18.2 Å². The van der Waals surface area contributed by atoms with E-state index in [-0.39, 0.29) is 0 Å². The van der Waals surface area contributed by atoms with Gasteiger partial charge >= 0.3 is 0 Å². The summed E-state index contributed by atoms with van der Waals surface area (Å²) in [4.78, 5) is 3.09. The van der Waals surface area contributed by atoms with E-state index < -0.39 is 0 Å². The fourth-order valence-electron chi connectivity index (χ4n) is 1.74. The molecule has 0 bridgehead atoms. The molecule has 4 heteroatoms. The van der Waals surface area contributed by atoms with Gasteiger partial charge in [-0.05, 0) is 37.2 Å². The number of nitrogens with one attached hydrogen (secondary N) is 1. The fourth-order valence-corrected chi connectivity index (χ4v) is 2.85. The minimum Gasteiger partial charge on any atom is -0.346 e. The number of unbranched alkanes of at least 4 members (excludes halogenated alkanes) is 2. The number of fused-ring (bicyclic) bond motifs is 1. The van der Waals surface area contributed by atoms with Gasteiger partial charge in [0.25, 0.3) is 0 Å². The molecule has 0 unspecified atom stereocenters. The van der Waals surface area contributed by atoms with Gasteiger partial charge in [-0.3, -0.25) is 0 Å². The SMILES string of the molecule is CCCC[NH2+]CCCC.S=c1[nH]c2ccccc2s1. The smallest absolute Gasteiger partial charge is 0.159 e. The molecule has 2 rings (SSSR count). The van der Waals surface area contributed by atoms with Crippen molar-refractivity contribution in [2.24, 2.45) is 0 Å². The van der Waals surface area contributed by atoms with Gasteiger partial charge in [0.15, 0.2) is 3.95 Å². The number of aromatic nitrogens is 1. The molecule has 0 aliphatic heterocycles. The summed E-state index contributed by atoms with van der Waals surface area (Å²) in [6.07, 6.45) is 5.43. The summed E-state index contributed by atoms with van der Waals surface area (Å²) in [5.41, 5.74) is 1.14. The first-order valence-corrected chi connectivity index (χ1v) is 8.40. The Morgan fingerprint density at radius 2 is 1.74 bits per heavy atom. The van der Waals surface area contributed by atoms with E-state index in [1.54, 1.807) is 11.3 Å². The highest BCUT2D eigenvalue weighted by Gasteiger charge is 1.91. The Hall–Kier alpha value is -0.710. The van der Waals surface area contributed by atoms with E-state index in [2.05, 4.69) is 30.2 Å². The molecule has 0 aliphatic rings. The van der Waals surface area contributed by atoms with Crippen LogP contribution in [0.5, 0.6) is 0 Å². The topological polar surface area (TPSA) is 32.4 Å². The van der Waals surface area contributed by atoms with E-state index in [4.69, 9.17) is 12.2 Å². The molecule has 1 heterocycles. The zero-order chi connectivity index (χ0) is 13.9. The molecule has 106 valence electrons. The lowest BCUT2D eigenvalue weighted by molar-refractivity contribution is -0.655. The van der Waals surface area contributed by atoms with Crippen LogP contribution in [-0.2, 0) is 0 Å². The van der Waals surface area contributed by atoms with Crippen LogP contribution in [0.2, 0.25) is 0 Å². The number of thiazole rings is 1. The molecule has 3 N–H and O–H groups in total. The first kappa shape index (κ1) is 16.3. The van der Waals surface area contributed by atoms with Crippen LogP contribution < -0.4 is 5.32 Å². The lowest BCUT2D eigenvalue weighted by atomic mass is 10.3. The Morgan fingerprint density at radius 3 is 2.32 bits per heavy atom. The van der Waals surface area contributed by atoms with Gasteiger partial charge in [0.2, 0.25) is 0 Å². The maximum Gasteiger partial charge on any atom is 0.159 e. The number of quaternary nitrogens is 1. The van der Waals surface area contributed by atoms with Gasteiger partial charge < -0.3 is 10.3 Å². The number of para-hydroxylation sites is 1. The van der Waals surface area contributed by atoms with Gasteiger partial charge in [-0.1, -0.05) is 38.8 Å². The summed E-state index contributed by atoms with van der Waals surface area (Å²) >= 11 is 6.59. The molecular weight excluding hydrogens is 272 g/mol. The fraction of sp³-hybridized carbons (Fsp3) is 0.533. The summed E-state index contributed by atoms with van der Waals surface area (Å²) in [6, 6.07) is 8.11. The zero-order valence-electron chi connectivity index (χ0n) is 11.9. The zero-order valence-corrected chi connectivity index (χ0v) is 13.6. The molecule has 2 nitrogen and oxygen atoms in total. The minimum atomic E-state index is 0.848. The van der Waals surface area contributed by atoms with Crippen LogP contribution in [0.4, 0.5) is 0 Å². The van der Waals surface area contributed by atoms with Crippen molar-refractivity contribution in [3.8, 4) is 0 Å². The van der Waals surface area contributed by atoms with E-state index in [0.29, 0.717) is 0 Å². The van der Waals surface area contributed by atoms with E-state index in [0.717, 1.165) is 9.47 Å². The number of hydrogen-bond donors (Lipinski definition) is 2. The minimum absolute atomic E-state index is 0.848. The Labute approximate surface area is 125 Å². The standard InChI is InChI=1S/C8H19N.C7H5NS2/c1-3-5-7-9-8-6-4-2;9-7-8-5-3-1-2-4-6(5)10-7/h9H,3-8H2,1-2H3;1-4H,(H,8,9)/p+1. The predicted molar refractivity (Wildman–Crippen MR) is 88.5 cm³/mol. The highest BCUT2D eigenvalue weighted by atomic mass is 32.1. The van der Waals surface area contributed by atoms with Gasteiger partial charge in [-0.25, -0.2) is 0 Å². The molecule has 0 radical (unpaired) electrons. The molecule has 2 aromatic rings.